The van der Waals surface area contributed by atoms with E-state index in [2.05, 4.69) is 12.7 Å². The molecule has 4 nitrogen and oxygen atoms in total. The molecule has 2 aliphatic rings. The normalized spacial score (nSPS) is 36.2. The van der Waals surface area contributed by atoms with Gasteiger partial charge in [-0.3, -0.25) is 4.79 Å². The van der Waals surface area contributed by atoms with E-state index < -0.39 is 5.60 Å². The Kier molecular flexibility index (Phi) is 5.49. The fraction of sp³-hybridized carbons (Fsp3) is 0.600. The molecule has 132 valence electrons. The molecular formula is C20H28O4. The summed E-state index contributed by atoms with van der Waals surface area (Å²) in [5.41, 5.74) is 1.83. The molecule has 1 aliphatic carbocycles. The smallest absolute Gasteiger partial charge is 0.333 e. The molecule has 4 heteroatoms. The maximum atomic E-state index is 12.6. The van der Waals surface area contributed by atoms with Crippen molar-refractivity contribution >= 4 is 11.8 Å². The Morgan fingerprint density at radius 2 is 2.12 bits per heavy atom. The topological polar surface area (TPSA) is 55.9 Å². The van der Waals surface area contributed by atoms with Crippen LogP contribution in [0.3, 0.4) is 0 Å². The standard InChI is InChI=1S/C20H28O4/c1-7-13(4)19(22)23-16-11-18-20(6,24-18)17(21)10-15(12(2)3)9-8-14(16)5/h7-8,15-16,18H,2,9-11H2,1,3-6H3/b13-7-,14-8+/t15-,16-,18-,20+/m0/s1. The Morgan fingerprint density at radius 1 is 1.46 bits per heavy atom. The van der Waals surface area contributed by atoms with E-state index in [9.17, 15) is 9.59 Å². The lowest BCUT2D eigenvalue weighted by molar-refractivity contribution is -0.143. The van der Waals surface area contributed by atoms with Crippen LogP contribution in [0.5, 0.6) is 0 Å². The Labute approximate surface area is 144 Å². The molecule has 2 rings (SSSR count). The molecule has 1 saturated heterocycles. The minimum atomic E-state index is -0.744. The first-order valence-corrected chi connectivity index (χ1v) is 8.56. The highest BCUT2D eigenvalue weighted by Crippen LogP contribution is 2.44. The second-order valence-electron chi connectivity index (χ2n) is 7.17. The molecule has 0 unspecified atom stereocenters. The average molecular weight is 332 g/mol. The molecular weight excluding hydrogens is 304 g/mol. The number of Topliss-reactive ketones (excluding diaryl/α,β-unsaturated/α-hetero) is 1. The molecule has 0 aromatic rings. The Balaban J connectivity index is 2.25. The molecule has 0 saturated carbocycles. The van der Waals surface area contributed by atoms with Gasteiger partial charge < -0.3 is 9.47 Å². The first kappa shape index (κ1) is 18.7. The Bertz CT molecular complexity index is 613. The van der Waals surface area contributed by atoms with Crippen molar-refractivity contribution in [3.8, 4) is 0 Å². The SMILES string of the molecule is C=C(C)[C@H]1C/C=C(\C)[C@@H](OC(=O)/C(C)=C\C)C[C@@H]2O[C@]2(C)C(=O)C1. The van der Waals surface area contributed by atoms with Gasteiger partial charge in [-0.1, -0.05) is 24.3 Å². The number of esters is 1. The van der Waals surface area contributed by atoms with Crippen LogP contribution in [0.4, 0.5) is 0 Å². The van der Waals surface area contributed by atoms with Gasteiger partial charge in [-0.2, -0.15) is 0 Å². The van der Waals surface area contributed by atoms with Crippen molar-refractivity contribution in [3.63, 3.8) is 0 Å². The number of epoxide rings is 1. The lowest BCUT2D eigenvalue weighted by Crippen LogP contribution is -2.30. The van der Waals surface area contributed by atoms with E-state index in [0.29, 0.717) is 18.4 Å². The third kappa shape index (κ3) is 3.86. The summed E-state index contributed by atoms with van der Waals surface area (Å²) >= 11 is 0. The van der Waals surface area contributed by atoms with Crippen LogP contribution in [0.2, 0.25) is 0 Å². The van der Waals surface area contributed by atoms with Crippen LogP contribution in [0.25, 0.3) is 0 Å². The highest BCUT2D eigenvalue weighted by atomic mass is 16.6. The maximum absolute atomic E-state index is 12.6. The fourth-order valence-corrected chi connectivity index (χ4v) is 2.99. The summed E-state index contributed by atoms with van der Waals surface area (Å²) in [6.07, 6.45) is 4.95. The van der Waals surface area contributed by atoms with Gasteiger partial charge in [0.1, 0.15) is 11.7 Å². The number of ether oxygens (including phenoxy) is 2. The lowest BCUT2D eigenvalue weighted by atomic mass is 9.84. The number of ketones is 1. The molecule has 1 aliphatic heterocycles. The number of hydrogen-bond acceptors (Lipinski definition) is 4. The van der Waals surface area contributed by atoms with Crippen molar-refractivity contribution in [2.24, 2.45) is 5.92 Å². The number of allylic oxidation sites excluding steroid dienone is 3. The Hall–Kier alpha value is -1.68. The van der Waals surface area contributed by atoms with E-state index >= 15 is 0 Å². The van der Waals surface area contributed by atoms with Gasteiger partial charge in [0, 0.05) is 18.4 Å². The zero-order chi connectivity index (χ0) is 18.1. The van der Waals surface area contributed by atoms with Crippen LogP contribution in [-0.2, 0) is 19.1 Å². The van der Waals surface area contributed by atoms with Gasteiger partial charge in [0.2, 0.25) is 0 Å². The minimum Gasteiger partial charge on any atom is -0.454 e. The summed E-state index contributed by atoms with van der Waals surface area (Å²) in [6, 6.07) is 0. The van der Waals surface area contributed by atoms with Gasteiger partial charge in [-0.25, -0.2) is 4.79 Å². The van der Waals surface area contributed by atoms with E-state index in [4.69, 9.17) is 9.47 Å². The minimum absolute atomic E-state index is 0.0980. The largest absolute Gasteiger partial charge is 0.454 e. The van der Waals surface area contributed by atoms with Crippen LogP contribution in [0.1, 0.15) is 53.9 Å². The quantitative estimate of drug-likeness (QED) is 0.340. The number of carbonyl (C=O) groups excluding carboxylic acids is 2. The molecule has 0 bridgehead atoms. The van der Waals surface area contributed by atoms with Crippen LogP contribution in [0.15, 0.2) is 35.5 Å². The molecule has 1 heterocycles. The van der Waals surface area contributed by atoms with Crippen LogP contribution in [0, 0.1) is 5.92 Å². The summed E-state index contributed by atoms with van der Waals surface area (Å²) in [5.74, 6) is -0.110. The predicted octanol–water partition coefficient (Wildman–Crippen LogP) is 3.91. The van der Waals surface area contributed by atoms with Gasteiger partial charge in [-0.05, 0) is 52.5 Å². The van der Waals surface area contributed by atoms with E-state index in [-0.39, 0.29) is 29.9 Å². The molecule has 0 N–H and O–H groups in total. The average Bonchev–Trinajstić information content (AvgIpc) is 3.19. The molecule has 4 atom stereocenters. The van der Waals surface area contributed by atoms with Crippen molar-refractivity contribution in [2.75, 3.05) is 0 Å². The van der Waals surface area contributed by atoms with E-state index in [1.54, 1.807) is 13.0 Å². The van der Waals surface area contributed by atoms with Crippen LogP contribution >= 0.6 is 0 Å². The van der Waals surface area contributed by atoms with E-state index in [0.717, 1.165) is 17.6 Å². The van der Waals surface area contributed by atoms with Gasteiger partial charge >= 0.3 is 5.97 Å². The first-order chi connectivity index (χ1) is 11.2. The maximum Gasteiger partial charge on any atom is 0.333 e. The van der Waals surface area contributed by atoms with Crippen LogP contribution < -0.4 is 0 Å². The second-order valence-corrected chi connectivity index (χ2v) is 7.17. The Morgan fingerprint density at radius 3 is 2.71 bits per heavy atom. The molecule has 0 spiro atoms. The second kappa shape index (κ2) is 7.06. The van der Waals surface area contributed by atoms with Crippen molar-refractivity contribution in [1.82, 2.24) is 0 Å². The molecule has 1 fully saturated rings. The number of carbonyl (C=O) groups is 2. The highest BCUT2D eigenvalue weighted by molar-refractivity contribution is 5.90. The van der Waals surface area contributed by atoms with Gasteiger partial charge in [0.25, 0.3) is 0 Å². The van der Waals surface area contributed by atoms with Crippen LogP contribution in [-0.4, -0.2) is 29.6 Å². The van der Waals surface area contributed by atoms with Crippen molar-refractivity contribution in [3.05, 3.63) is 35.5 Å². The summed E-state index contributed by atoms with van der Waals surface area (Å²) in [7, 11) is 0. The van der Waals surface area contributed by atoms with Crippen molar-refractivity contribution in [1.29, 1.82) is 0 Å². The lowest BCUT2D eigenvalue weighted by Gasteiger charge is -2.22. The van der Waals surface area contributed by atoms with E-state index in [1.807, 2.05) is 27.7 Å². The highest BCUT2D eigenvalue weighted by Gasteiger charge is 2.58. The number of fused-ring (bicyclic) bond motifs is 1. The summed E-state index contributed by atoms with van der Waals surface area (Å²) in [6.45, 7) is 13.3. The first-order valence-electron chi connectivity index (χ1n) is 8.56. The zero-order valence-electron chi connectivity index (χ0n) is 15.3. The van der Waals surface area contributed by atoms with Gasteiger partial charge in [-0.15, -0.1) is 0 Å². The van der Waals surface area contributed by atoms with Crippen molar-refractivity contribution < 1.29 is 19.1 Å². The zero-order valence-corrected chi connectivity index (χ0v) is 15.3. The number of hydrogen-bond donors (Lipinski definition) is 0. The van der Waals surface area contributed by atoms with Crippen molar-refractivity contribution in [2.45, 2.75) is 71.7 Å². The molecule has 24 heavy (non-hydrogen) atoms. The predicted molar refractivity (Wildman–Crippen MR) is 93.5 cm³/mol. The molecule has 0 amide bonds. The molecule has 0 radical (unpaired) electrons. The summed E-state index contributed by atoms with van der Waals surface area (Å²) in [5, 5.41) is 0. The summed E-state index contributed by atoms with van der Waals surface area (Å²) in [4.78, 5) is 24.7. The fourth-order valence-electron chi connectivity index (χ4n) is 2.99. The summed E-state index contributed by atoms with van der Waals surface area (Å²) < 4.78 is 11.4. The van der Waals surface area contributed by atoms with Gasteiger partial charge in [0.05, 0.1) is 6.10 Å². The van der Waals surface area contributed by atoms with Gasteiger partial charge in [0.15, 0.2) is 5.78 Å². The number of rotatable bonds is 3. The molecule has 0 aromatic heterocycles. The third-order valence-electron chi connectivity index (χ3n) is 5.29. The molecule has 0 aromatic carbocycles. The van der Waals surface area contributed by atoms with E-state index in [1.165, 1.54) is 0 Å². The third-order valence-corrected chi connectivity index (χ3v) is 5.29. The monoisotopic (exact) mass is 332 g/mol.